The van der Waals surface area contributed by atoms with Crippen LogP contribution < -0.4 is 5.32 Å². The van der Waals surface area contributed by atoms with Crippen LogP contribution in [-0.2, 0) is 0 Å². The van der Waals surface area contributed by atoms with E-state index in [4.69, 9.17) is 0 Å². The average Bonchev–Trinajstić information content (AvgIpc) is 2.39. The molecule has 1 saturated heterocycles. The highest BCUT2D eigenvalue weighted by Gasteiger charge is 2.23. The van der Waals surface area contributed by atoms with E-state index in [1.165, 1.54) is 0 Å². The predicted molar refractivity (Wildman–Crippen MR) is 69.5 cm³/mol. The second-order valence-corrected chi connectivity index (χ2v) is 4.51. The van der Waals surface area contributed by atoms with Gasteiger partial charge in [-0.3, -0.25) is 4.79 Å². The van der Waals surface area contributed by atoms with Gasteiger partial charge in [0, 0.05) is 19.6 Å². The molecule has 1 atom stereocenters. The van der Waals surface area contributed by atoms with Gasteiger partial charge in [-0.2, -0.15) is 0 Å². The minimum Gasteiger partial charge on any atom is -0.391 e. The molecule has 1 aromatic rings. The van der Waals surface area contributed by atoms with Crippen molar-refractivity contribution in [2.75, 3.05) is 25.0 Å². The first kappa shape index (κ1) is 12.8. The molecule has 2 N–H and O–H groups in total. The van der Waals surface area contributed by atoms with Crippen molar-refractivity contribution in [3.63, 3.8) is 0 Å². The fourth-order valence-corrected chi connectivity index (χ4v) is 2.13. The van der Waals surface area contributed by atoms with Crippen LogP contribution in [0.3, 0.4) is 0 Å². The minimum atomic E-state index is -0.399. The Morgan fingerprint density at radius 2 is 2.44 bits per heavy atom. The molecular weight excluding hydrogens is 230 g/mol. The maximum absolute atomic E-state index is 12.1. The molecule has 0 bridgehead atoms. The van der Waals surface area contributed by atoms with Crippen LogP contribution in [0, 0.1) is 0 Å². The molecule has 0 aromatic carbocycles. The topological polar surface area (TPSA) is 65.5 Å². The molecule has 2 heterocycles. The van der Waals surface area contributed by atoms with Crippen LogP contribution in [0.2, 0.25) is 0 Å². The minimum absolute atomic E-state index is 0.100. The summed E-state index contributed by atoms with van der Waals surface area (Å²) in [5, 5.41) is 12.7. The highest BCUT2D eigenvalue weighted by molar-refractivity contribution is 5.92. The van der Waals surface area contributed by atoms with E-state index in [-0.39, 0.29) is 5.91 Å². The molecule has 0 aliphatic carbocycles. The third-order valence-electron chi connectivity index (χ3n) is 3.05. The number of carbonyl (C=O) groups excluding carboxylic acids is 1. The highest BCUT2D eigenvalue weighted by Crippen LogP contribution is 2.14. The molecule has 0 saturated carbocycles. The second kappa shape index (κ2) is 5.82. The summed E-state index contributed by atoms with van der Waals surface area (Å²) < 4.78 is 0. The van der Waals surface area contributed by atoms with E-state index in [0.29, 0.717) is 18.8 Å². The summed E-state index contributed by atoms with van der Waals surface area (Å²) in [5.74, 6) is -0.100. The molecule has 5 heteroatoms. The number of amides is 1. The number of aliphatic hydroxyl groups excluding tert-OH is 1. The average molecular weight is 249 g/mol. The van der Waals surface area contributed by atoms with E-state index in [2.05, 4.69) is 10.3 Å². The van der Waals surface area contributed by atoms with Gasteiger partial charge in [-0.15, -0.1) is 0 Å². The van der Waals surface area contributed by atoms with Crippen LogP contribution >= 0.6 is 0 Å². The molecule has 1 unspecified atom stereocenters. The molecule has 1 aliphatic rings. The number of piperidine rings is 1. The van der Waals surface area contributed by atoms with E-state index in [1.54, 1.807) is 17.2 Å². The number of nitrogens with one attached hydrogen (secondary N) is 1. The van der Waals surface area contributed by atoms with Crippen molar-refractivity contribution in [3.8, 4) is 0 Å². The summed E-state index contributed by atoms with van der Waals surface area (Å²) in [4.78, 5) is 18.0. The van der Waals surface area contributed by atoms with E-state index < -0.39 is 6.10 Å². The summed E-state index contributed by atoms with van der Waals surface area (Å²) in [6.07, 6.45) is 2.89. The van der Waals surface area contributed by atoms with Crippen molar-refractivity contribution >= 4 is 11.6 Å². The Morgan fingerprint density at radius 1 is 1.61 bits per heavy atom. The standard InChI is InChI=1S/C13H19N3O2/c1-2-14-10-5-6-12(15-8-10)13(18)16-7-3-4-11(17)9-16/h5-6,8,11,14,17H,2-4,7,9H2,1H3. The van der Waals surface area contributed by atoms with E-state index in [9.17, 15) is 9.90 Å². The van der Waals surface area contributed by atoms with Gasteiger partial charge in [0.25, 0.3) is 5.91 Å². The molecule has 0 radical (unpaired) electrons. The molecular formula is C13H19N3O2. The molecule has 1 fully saturated rings. The largest absolute Gasteiger partial charge is 0.391 e. The third-order valence-corrected chi connectivity index (χ3v) is 3.05. The SMILES string of the molecule is CCNc1ccc(C(=O)N2CCCC(O)C2)nc1. The lowest BCUT2D eigenvalue weighted by Crippen LogP contribution is -2.42. The number of rotatable bonds is 3. The van der Waals surface area contributed by atoms with Crippen LogP contribution in [0.25, 0.3) is 0 Å². The second-order valence-electron chi connectivity index (χ2n) is 4.51. The van der Waals surface area contributed by atoms with Gasteiger partial charge in [0.15, 0.2) is 0 Å². The lowest BCUT2D eigenvalue weighted by atomic mass is 10.1. The van der Waals surface area contributed by atoms with Crippen molar-refractivity contribution in [2.45, 2.75) is 25.9 Å². The fourth-order valence-electron chi connectivity index (χ4n) is 2.13. The normalized spacial score (nSPS) is 19.7. The van der Waals surface area contributed by atoms with Crippen molar-refractivity contribution in [3.05, 3.63) is 24.0 Å². The molecule has 2 rings (SSSR count). The Labute approximate surface area is 107 Å². The van der Waals surface area contributed by atoms with Crippen LogP contribution in [0.4, 0.5) is 5.69 Å². The van der Waals surface area contributed by atoms with Gasteiger partial charge in [-0.1, -0.05) is 0 Å². The molecule has 0 spiro atoms. The van der Waals surface area contributed by atoms with Gasteiger partial charge in [0.2, 0.25) is 0 Å². The monoisotopic (exact) mass is 249 g/mol. The smallest absolute Gasteiger partial charge is 0.272 e. The number of aliphatic hydroxyl groups is 1. The zero-order chi connectivity index (χ0) is 13.0. The first-order chi connectivity index (χ1) is 8.70. The quantitative estimate of drug-likeness (QED) is 0.842. The van der Waals surface area contributed by atoms with Gasteiger partial charge in [-0.25, -0.2) is 4.98 Å². The predicted octanol–water partition coefficient (Wildman–Crippen LogP) is 1.11. The molecule has 1 amide bonds. The van der Waals surface area contributed by atoms with Gasteiger partial charge in [0.05, 0.1) is 18.0 Å². The number of carbonyl (C=O) groups is 1. The Hall–Kier alpha value is -1.62. The molecule has 5 nitrogen and oxygen atoms in total. The fraction of sp³-hybridized carbons (Fsp3) is 0.538. The number of pyridine rings is 1. The first-order valence-electron chi connectivity index (χ1n) is 6.38. The third kappa shape index (κ3) is 2.98. The van der Waals surface area contributed by atoms with Crippen molar-refractivity contribution in [2.24, 2.45) is 0 Å². The first-order valence-corrected chi connectivity index (χ1v) is 6.38. The molecule has 98 valence electrons. The maximum Gasteiger partial charge on any atom is 0.272 e. The van der Waals surface area contributed by atoms with Crippen LogP contribution in [-0.4, -0.2) is 46.6 Å². The maximum atomic E-state index is 12.1. The summed E-state index contributed by atoms with van der Waals surface area (Å²) in [7, 11) is 0. The Balaban J connectivity index is 2.03. The lowest BCUT2D eigenvalue weighted by molar-refractivity contribution is 0.0469. The van der Waals surface area contributed by atoms with Gasteiger partial charge >= 0.3 is 0 Å². The molecule has 1 aliphatic heterocycles. The van der Waals surface area contributed by atoms with Crippen molar-refractivity contribution < 1.29 is 9.90 Å². The highest BCUT2D eigenvalue weighted by atomic mass is 16.3. The number of aromatic nitrogens is 1. The van der Waals surface area contributed by atoms with Crippen LogP contribution in [0.1, 0.15) is 30.3 Å². The van der Waals surface area contributed by atoms with Crippen LogP contribution in [0.5, 0.6) is 0 Å². The van der Waals surface area contributed by atoms with Gasteiger partial charge in [-0.05, 0) is 31.9 Å². The van der Waals surface area contributed by atoms with E-state index in [0.717, 1.165) is 25.1 Å². The van der Waals surface area contributed by atoms with Crippen molar-refractivity contribution in [1.29, 1.82) is 0 Å². The zero-order valence-corrected chi connectivity index (χ0v) is 10.6. The van der Waals surface area contributed by atoms with E-state index in [1.807, 2.05) is 13.0 Å². The van der Waals surface area contributed by atoms with Gasteiger partial charge < -0.3 is 15.3 Å². The lowest BCUT2D eigenvalue weighted by Gasteiger charge is -2.29. The van der Waals surface area contributed by atoms with Crippen molar-refractivity contribution in [1.82, 2.24) is 9.88 Å². The van der Waals surface area contributed by atoms with E-state index >= 15 is 0 Å². The summed E-state index contributed by atoms with van der Waals surface area (Å²) >= 11 is 0. The summed E-state index contributed by atoms with van der Waals surface area (Å²) in [6, 6.07) is 3.57. The number of likely N-dealkylation sites (tertiary alicyclic amines) is 1. The number of anilines is 1. The summed E-state index contributed by atoms with van der Waals surface area (Å²) in [6.45, 7) is 3.95. The molecule has 1 aromatic heterocycles. The molecule has 18 heavy (non-hydrogen) atoms. The summed E-state index contributed by atoms with van der Waals surface area (Å²) in [5.41, 5.74) is 1.35. The number of hydrogen-bond donors (Lipinski definition) is 2. The number of β-amino-alcohol motifs (C(OH)–C–C–N with tert-alkyl or cyclic N) is 1. The Bertz CT molecular complexity index is 405. The van der Waals surface area contributed by atoms with Crippen LogP contribution in [0.15, 0.2) is 18.3 Å². The number of hydrogen-bond acceptors (Lipinski definition) is 4. The zero-order valence-electron chi connectivity index (χ0n) is 10.6. The Kier molecular flexibility index (Phi) is 4.15. The Morgan fingerprint density at radius 3 is 3.06 bits per heavy atom. The van der Waals surface area contributed by atoms with Gasteiger partial charge in [0.1, 0.15) is 5.69 Å². The number of nitrogens with zero attached hydrogens (tertiary/aromatic N) is 2.